The Bertz CT molecular complexity index is 1550. The van der Waals surface area contributed by atoms with Crippen LogP contribution in [0.5, 0.6) is 0 Å². The van der Waals surface area contributed by atoms with E-state index in [-0.39, 0.29) is 163 Å². The molecule has 10 aliphatic rings. The fourth-order valence-corrected chi connectivity index (χ4v) is 15.9. The summed E-state index contributed by atoms with van der Waals surface area (Å²) >= 11 is 0.417. The van der Waals surface area contributed by atoms with Crippen molar-refractivity contribution in [1.29, 1.82) is 0 Å². The van der Waals surface area contributed by atoms with Gasteiger partial charge in [-0.1, -0.05) is 0 Å². The molecule has 0 saturated carbocycles. The van der Waals surface area contributed by atoms with Gasteiger partial charge in [-0.3, -0.25) is 0 Å². The van der Waals surface area contributed by atoms with Gasteiger partial charge in [0.1, 0.15) is 0 Å². The molecule has 0 N–H and O–H groups in total. The van der Waals surface area contributed by atoms with Crippen molar-refractivity contribution in [3.63, 3.8) is 0 Å². The summed E-state index contributed by atoms with van der Waals surface area (Å²) in [6.07, 6.45) is 79.4. The molecule has 0 spiro atoms. The molecule has 0 fully saturated rings. The normalized spacial score (nSPS) is 18.3. The van der Waals surface area contributed by atoms with E-state index in [1.807, 2.05) is 0 Å². The Labute approximate surface area is 442 Å². The second-order valence-electron chi connectivity index (χ2n) is 13.9. The predicted molar refractivity (Wildman–Crippen MR) is 255 cm³/mol. The van der Waals surface area contributed by atoms with E-state index in [1.165, 1.54) is 64.2 Å². The molecule has 0 aliphatic heterocycles. The van der Waals surface area contributed by atoms with Crippen LogP contribution in [0.25, 0.3) is 0 Å². The van der Waals surface area contributed by atoms with Crippen molar-refractivity contribution in [2.75, 3.05) is 0 Å². The molecule has 0 saturated heterocycles. The van der Waals surface area contributed by atoms with Crippen molar-refractivity contribution >= 4 is 67.5 Å². The van der Waals surface area contributed by atoms with Crippen molar-refractivity contribution in [1.82, 2.24) is 0 Å². The third-order valence-corrected chi connectivity index (χ3v) is 20.1. The quantitative estimate of drug-likeness (QED) is 0.191. The fraction of sp³-hybridized carbons (Fsp3) is 0.200. The molecule has 10 aliphatic carbocycles. The summed E-state index contributed by atoms with van der Waals surface area (Å²) in [5.74, 6) is 0. The van der Waals surface area contributed by atoms with E-state index in [9.17, 15) is 0 Å². The molecular formula is C50H50S5Ti5. The van der Waals surface area contributed by atoms with Gasteiger partial charge in [0.25, 0.3) is 0 Å². The zero-order valence-corrected chi connectivity index (χ0v) is 45.8. The Hall–Kier alpha value is 0.121. The van der Waals surface area contributed by atoms with Gasteiger partial charge in [0, 0.05) is 0 Å². The van der Waals surface area contributed by atoms with E-state index in [0.717, 1.165) is 0 Å². The SMILES string of the molecule is C1=CC[C]([Ti+2][C]2=CC=CC2)=C1.C1=CC[C]([Ti+2][C]2=CC=CC2)=C1.C1=CC[C]([Ti+2][C]2=CC=CC2)=C1.C1=CC[C]([Ti+2][C]2=CC=CC2)=C1.C1=CC[C]([Ti+2][C]2=CC=CC2)=C1.[S-2].[S-2].[S-2].[S-2].[S-2]. The maximum atomic E-state index is 2.29. The summed E-state index contributed by atoms with van der Waals surface area (Å²) in [5.41, 5.74) is 0. The van der Waals surface area contributed by atoms with Gasteiger partial charge in [-0.15, -0.1) is 0 Å². The second-order valence-corrected chi connectivity index (χ2v) is 25.8. The third-order valence-electron chi connectivity index (χ3n) is 9.32. The summed E-state index contributed by atoms with van der Waals surface area (Å²) in [6, 6.07) is 0. The number of hydrogen-bond donors (Lipinski definition) is 0. The largest absolute Gasteiger partial charge is 2.00 e. The van der Waals surface area contributed by atoms with Crippen molar-refractivity contribution in [3.8, 4) is 0 Å². The summed E-state index contributed by atoms with van der Waals surface area (Å²) in [5, 5.41) is 0. The maximum Gasteiger partial charge on any atom is -2.00 e. The zero-order valence-electron chi connectivity index (χ0n) is 33.9. The molecule has 10 heteroatoms. The average Bonchev–Trinajstić information content (AvgIpc) is 4.06. The molecule has 300 valence electrons. The number of rotatable bonds is 10. The Balaban J connectivity index is 0.000000367. The number of allylic oxidation sites excluding steroid dienone is 40. The molecule has 0 aromatic heterocycles. The molecule has 10 rings (SSSR count). The molecule has 60 heavy (non-hydrogen) atoms. The molecule has 0 aromatic carbocycles. The molecular weight excluding hydrogens is 1000 g/mol. The van der Waals surface area contributed by atoms with Crippen LogP contribution in [-0.4, -0.2) is 0 Å². The first-order valence-corrected chi connectivity index (χ1v) is 27.5. The first-order chi connectivity index (χ1) is 27.2. The van der Waals surface area contributed by atoms with Crippen molar-refractivity contribution in [3.05, 3.63) is 221 Å². The minimum absolute atomic E-state index is 0. The standard InChI is InChI=1S/10C5H5.5S.5Ti/c10*1-2-4-5-3-1;;;;;;;;;;/h10*1-3H,4H2;;;;;;;;;;/q;;;;;;;;;;5*-2;5*+2. The van der Waals surface area contributed by atoms with Gasteiger partial charge < -0.3 is 67.5 Å². The summed E-state index contributed by atoms with van der Waals surface area (Å²) in [6.45, 7) is 0. The maximum absolute atomic E-state index is 2.29. The van der Waals surface area contributed by atoms with Crippen molar-refractivity contribution < 1.29 is 95.8 Å². The Morgan fingerprint density at radius 2 is 0.283 bits per heavy atom. The number of hydrogen-bond acceptors (Lipinski definition) is 0. The molecule has 0 unspecified atom stereocenters. The molecule has 0 nitrogen and oxygen atoms in total. The van der Waals surface area contributed by atoms with Gasteiger partial charge in [-0.2, -0.15) is 0 Å². The smallest absolute Gasteiger partial charge is 2.00 e. The van der Waals surface area contributed by atoms with Gasteiger partial charge in [0.05, 0.1) is 0 Å². The first kappa shape index (κ1) is 58.1. The second kappa shape index (κ2) is 35.4. The van der Waals surface area contributed by atoms with Crippen LogP contribution >= 0.6 is 0 Å². The summed E-state index contributed by atoms with van der Waals surface area (Å²) in [4.78, 5) is 0. The summed E-state index contributed by atoms with van der Waals surface area (Å²) < 4.78 is 16.8. The van der Waals surface area contributed by atoms with Crippen LogP contribution < -0.4 is 0 Å². The van der Waals surface area contributed by atoms with Crippen LogP contribution in [0.1, 0.15) is 64.2 Å². The Kier molecular flexibility index (Phi) is 34.3. The van der Waals surface area contributed by atoms with Gasteiger partial charge >= 0.3 is 381 Å². The average molecular weight is 1050 g/mol. The van der Waals surface area contributed by atoms with E-state index in [4.69, 9.17) is 0 Å². The van der Waals surface area contributed by atoms with Gasteiger partial charge in [0.15, 0.2) is 0 Å². The zero-order chi connectivity index (χ0) is 37.6. The van der Waals surface area contributed by atoms with Gasteiger partial charge in [-0.05, 0) is 0 Å². The third kappa shape index (κ3) is 23.3. The van der Waals surface area contributed by atoms with Crippen molar-refractivity contribution in [2.45, 2.75) is 64.2 Å². The van der Waals surface area contributed by atoms with E-state index in [2.05, 4.69) is 182 Å². The minimum atomic E-state index is 0. The molecule has 0 atom stereocenters. The van der Waals surface area contributed by atoms with Crippen LogP contribution in [0.2, 0.25) is 0 Å². The Morgan fingerprint density at radius 1 is 0.183 bits per heavy atom. The topological polar surface area (TPSA) is 0 Å². The van der Waals surface area contributed by atoms with Crippen molar-refractivity contribution in [2.24, 2.45) is 0 Å². The summed E-state index contributed by atoms with van der Waals surface area (Å²) in [7, 11) is 0. The van der Waals surface area contributed by atoms with E-state index < -0.39 is 0 Å². The Morgan fingerprint density at radius 3 is 0.350 bits per heavy atom. The molecule has 0 aromatic rings. The molecule has 0 amide bonds. The van der Waals surface area contributed by atoms with E-state index in [1.54, 1.807) is 38.8 Å². The predicted octanol–water partition coefficient (Wildman–Crippen LogP) is 13.8. The van der Waals surface area contributed by atoms with Crippen LogP contribution in [0.15, 0.2) is 221 Å². The van der Waals surface area contributed by atoms with Gasteiger partial charge in [0.2, 0.25) is 0 Å². The van der Waals surface area contributed by atoms with Crippen LogP contribution in [-0.2, 0) is 163 Å². The van der Waals surface area contributed by atoms with Crippen LogP contribution in [0.4, 0.5) is 0 Å². The van der Waals surface area contributed by atoms with E-state index in [0.29, 0.717) is 0 Å². The fourth-order valence-electron chi connectivity index (χ4n) is 6.43. The molecule has 0 bridgehead atoms. The first-order valence-electron chi connectivity index (χ1n) is 19.7. The monoisotopic (exact) mass is 1050 g/mol. The van der Waals surface area contributed by atoms with E-state index >= 15 is 0 Å². The van der Waals surface area contributed by atoms with Gasteiger partial charge in [-0.25, -0.2) is 0 Å². The van der Waals surface area contributed by atoms with Crippen LogP contribution in [0, 0.1) is 0 Å². The van der Waals surface area contributed by atoms with Crippen LogP contribution in [0.3, 0.4) is 0 Å². The molecule has 0 radical (unpaired) electrons. The molecule has 0 heterocycles. The minimum Gasteiger partial charge on any atom is -2.00 e.